The predicted octanol–water partition coefficient (Wildman–Crippen LogP) is 5.16. The van der Waals surface area contributed by atoms with Crippen LogP contribution in [0.1, 0.15) is 35.6 Å². The molecule has 0 saturated heterocycles. The van der Waals surface area contributed by atoms with E-state index in [0.29, 0.717) is 0 Å². The third-order valence-corrected chi connectivity index (χ3v) is 4.52. The fraction of sp³-hybridized carbons (Fsp3) is 0.200. The van der Waals surface area contributed by atoms with E-state index in [-0.39, 0.29) is 0 Å². The lowest BCUT2D eigenvalue weighted by Gasteiger charge is -2.13. The lowest BCUT2D eigenvalue weighted by molar-refractivity contribution is 1.12. The molecule has 0 N–H and O–H groups in total. The second-order valence-electron chi connectivity index (χ2n) is 5.68. The van der Waals surface area contributed by atoms with Crippen LogP contribution in [0.2, 0.25) is 0 Å². The van der Waals surface area contributed by atoms with Crippen LogP contribution in [0.4, 0.5) is 0 Å². The zero-order valence-electron chi connectivity index (χ0n) is 11.8. The zero-order valence-corrected chi connectivity index (χ0v) is 11.8. The summed E-state index contributed by atoms with van der Waals surface area (Å²) in [4.78, 5) is 0. The van der Waals surface area contributed by atoms with Gasteiger partial charge in [-0.05, 0) is 58.2 Å². The summed E-state index contributed by atoms with van der Waals surface area (Å²) in [6.07, 6.45) is 9.96. The van der Waals surface area contributed by atoms with Gasteiger partial charge in [0, 0.05) is 0 Å². The molecule has 2 aromatic carbocycles. The Morgan fingerprint density at radius 2 is 1.85 bits per heavy atom. The number of rotatable bonds is 2. The van der Waals surface area contributed by atoms with Gasteiger partial charge in [0.05, 0.1) is 0 Å². The van der Waals surface area contributed by atoms with Crippen LogP contribution in [-0.4, -0.2) is 0 Å². The van der Waals surface area contributed by atoms with Gasteiger partial charge in [-0.25, -0.2) is 0 Å². The topological polar surface area (TPSA) is 0 Å². The molecule has 20 heavy (non-hydrogen) atoms. The number of hydrogen-bond acceptors (Lipinski definition) is 0. The van der Waals surface area contributed by atoms with Gasteiger partial charge in [0.2, 0.25) is 0 Å². The molecule has 0 heteroatoms. The van der Waals surface area contributed by atoms with Gasteiger partial charge in [-0.1, -0.05) is 61.5 Å². The second-order valence-corrected chi connectivity index (χ2v) is 5.68. The molecule has 2 aromatic rings. The van der Waals surface area contributed by atoms with Crippen LogP contribution in [0.5, 0.6) is 0 Å². The fourth-order valence-electron chi connectivity index (χ4n) is 3.47. The van der Waals surface area contributed by atoms with E-state index in [1.54, 1.807) is 0 Å². The average Bonchev–Trinajstić information content (AvgIpc) is 3.13. The maximum atomic E-state index is 2.44. The third kappa shape index (κ3) is 1.68. The summed E-state index contributed by atoms with van der Waals surface area (Å²) in [5.41, 5.74) is 10.3. The van der Waals surface area contributed by atoms with Crippen LogP contribution >= 0.6 is 0 Å². The minimum Gasteiger partial charge on any atom is -0.0801 e. The summed E-state index contributed by atoms with van der Waals surface area (Å²) >= 11 is 0. The first kappa shape index (κ1) is 11.7. The van der Waals surface area contributed by atoms with Gasteiger partial charge in [-0.2, -0.15) is 0 Å². The van der Waals surface area contributed by atoms with E-state index in [0.717, 1.165) is 19.3 Å². The molecule has 0 unspecified atom stereocenters. The Morgan fingerprint density at radius 1 is 0.950 bits per heavy atom. The molecular formula is C20H18. The predicted molar refractivity (Wildman–Crippen MR) is 85.8 cm³/mol. The van der Waals surface area contributed by atoms with Gasteiger partial charge in [-0.3, -0.25) is 0 Å². The van der Waals surface area contributed by atoms with Crippen LogP contribution in [0.3, 0.4) is 0 Å². The van der Waals surface area contributed by atoms with Gasteiger partial charge < -0.3 is 0 Å². The monoisotopic (exact) mass is 258 g/mol. The Kier molecular flexibility index (Phi) is 2.63. The van der Waals surface area contributed by atoms with Crippen LogP contribution in [-0.2, 0) is 12.8 Å². The molecule has 0 radical (unpaired) electrons. The van der Waals surface area contributed by atoms with E-state index < -0.39 is 0 Å². The van der Waals surface area contributed by atoms with E-state index in [1.165, 1.54) is 39.0 Å². The van der Waals surface area contributed by atoms with Crippen molar-refractivity contribution in [1.29, 1.82) is 0 Å². The van der Waals surface area contributed by atoms with E-state index >= 15 is 0 Å². The number of allylic oxidation sites excluding steroid dienone is 4. The highest BCUT2D eigenvalue weighted by atomic mass is 14.2. The van der Waals surface area contributed by atoms with Crippen molar-refractivity contribution in [2.45, 2.75) is 26.2 Å². The van der Waals surface area contributed by atoms with Gasteiger partial charge >= 0.3 is 0 Å². The fourth-order valence-corrected chi connectivity index (χ4v) is 3.47. The molecule has 0 nitrogen and oxygen atoms in total. The molecular weight excluding hydrogens is 240 g/mol. The first-order chi connectivity index (χ1) is 9.86. The molecule has 98 valence electrons. The maximum absolute atomic E-state index is 2.44. The molecule has 4 rings (SSSR count). The maximum Gasteiger partial charge on any atom is -0.00132 e. The minimum atomic E-state index is 1.08. The van der Waals surface area contributed by atoms with Gasteiger partial charge in [0.15, 0.2) is 0 Å². The molecule has 2 aliphatic rings. The normalized spacial score (nSPS) is 15.2. The number of aryl methyl sites for hydroxylation is 1. The summed E-state index contributed by atoms with van der Waals surface area (Å²) < 4.78 is 0. The largest absolute Gasteiger partial charge is 0.0801 e. The molecule has 0 fully saturated rings. The van der Waals surface area contributed by atoms with E-state index in [2.05, 4.69) is 61.5 Å². The summed E-state index contributed by atoms with van der Waals surface area (Å²) in [5.74, 6) is 0. The molecule has 0 aliphatic heterocycles. The second kappa shape index (κ2) is 4.49. The molecule has 0 saturated carbocycles. The van der Waals surface area contributed by atoms with Crippen LogP contribution in [0.15, 0.2) is 54.6 Å². The quantitative estimate of drug-likeness (QED) is 0.595. The summed E-state index contributed by atoms with van der Waals surface area (Å²) in [6, 6.07) is 13.7. The van der Waals surface area contributed by atoms with Crippen LogP contribution < -0.4 is 0 Å². The van der Waals surface area contributed by atoms with Crippen molar-refractivity contribution in [3.63, 3.8) is 0 Å². The average molecular weight is 258 g/mol. The van der Waals surface area contributed by atoms with Crippen molar-refractivity contribution in [2.24, 2.45) is 0 Å². The van der Waals surface area contributed by atoms with E-state index in [4.69, 9.17) is 0 Å². The highest BCUT2D eigenvalue weighted by Crippen LogP contribution is 2.40. The molecule has 0 atom stereocenters. The Bertz CT molecular complexity index is 745. The van der Waals surface area contributed by atoms with E-state index in [9.17, 15) is 0 Å². The standard InChI is InChI=1S/C20H18/c1-2-14-12-20-17(11-16-9-5-6-10-18(16)20)13-19(14)15-7-3-4-8-15/h3-7,9-10,12-13H,2,8,11H2,1H3. The Balaban J connectivity index is 1.89. The minimum absolute atomic E-state index is 1.08. The van der Waals surface area contributed by atoms with Gasteiger partial charge in [-0.15, -0.1) is 0 Å². The van der Waals surface area contributed by atoms with Crippen LogP contribution in [0, 0.1) is 0 Å². The number of benzene rings is 2. The summed E-state index contributed by atoms with van der Waals surface area (Å²) in [6.45, 7) is 2.26. The van der Waals surface area contributed by atoms with E-state index in [1.807, 2.05) is 0 Å². The highest BCUT2D eigenvalue weighted by Gasteiger charge is 2.20. The smallest absolute Gasteiger partial charge is 0.00132 e. The molecule has 0 heterocycles. The Labute approximate surface area is 120 Å². The van der Waals surface area contributed by atoms with Gasteiger partial charge in [0.1, 0.15) is 0 Å². The van der Waals surface area contributed by atoms with Crippen molar-refractivity contribution >= 4 is 5.57 Å². The molecule has 0 spiro atoms. The lowest BCUT2D eigenvalue weighted by Crippen LogP contribution is -1.94. The molecule has 2 aliphatic carbocycles. The summed E-state index contributed by atoms with van der Waals surface area (Å²) in [7, 11) is 0. The van der Waals surface area contributed by atoms with Gasteiger partial charge in [0.25, 0.3) is 0 Å². The highest BCUT2D eigenvalue weighted by molar-refractivity contribution is 5.82. The first-order valence-electron chi connectivity index (χ1n) is 7.47. The SMILES string of the molecule is CCc1cc2c(cc1C1=CC=CC1)Cc1ccccc1-2. The van der Waals surface area contributed by atoms with Crippen molar-refractivity contribution < 1.29 is 0 Å². The van der Waals surface area contributed by atoms with Crippen LogP contribution in [0.25, 0.3) is 16.7 Å². The lowest BCUT2D eigenvalue weighted by atomic mass is 9.92. The zero-order chi connectivity index (χ0) is 13.5. The molecule has 0 amide bonds. The first-order valence-corrected chi connectivity index (χ1v) is 7.47. The summed E-state index contributed by atoms with van der Waals surface area (Å²) in [5, 5.41) is 0. The Morgan fingerprint density at radius 3 is 2.65 bits per heavy atom. The number of hydrogen-bond donors (Lipinski definition) is 0. The third-order valence-electron chi connectivity index (χ3n) is 4.52. The molecule has 0 bridgehead atoms. The van der Waals surface area contributed by atoms with Crippen molar-refractivity contribution in [1.82, 2.24) is 0 Å². The van der Waals surface area contributed by atoms with Crippen molar-refractivity contribution in [2.75, 3.05) is 0 Å². The van der Waals surface area contributed by atoms with Crippen molar-refractivity contribution in [3.05, 3.63) is 76.9 Å². The molecule has 0 aromatic heterocycles. The Hall–Kier alpha value is -2.08. The van der Waals surface area contributed by atoms with Crippen molar-refractivity contribution in [3.8, 4) is 11.1 Å². The number of fused-ring (bicyclic) bond motifs is 3.